The molecule has 0 aromatic carbocycles. The molecule has 18 heavy (non-hydrogen) atoms. The van der Waals surface area contributed by atoms with E-state index in [0.717, 1.165) is 18.9 Å². The van der Waals surface area contributed by atoms with Crippen LogP contribution in [0.2, 0.25) is 0 Å². The van der Waals surface area contributed by atoms with Gasteiger partial charge in [-0.25, -0.2) is 4.98 Å². The number of hydrogen-bond donors (Lipinski definition) is 0. The van der Waals surface area contributed by atoms with Crippen molar-refractivity contribution in [3.05, 3.63) is 23.9 Å². The molecule has 1 amide bonds. The minimum Gasteiger partial charge on any atom is -0.359 e. The molecule has 1 fully saturated rings. The van der Waals surface area contributed by atoms with Crippen molar-refractivity contribution in [2.45, 2.75) is 6.42 Å². The molecule has 94 valence electrons. The van der Waals surface area contributed by atoms with Crippen LogP contribution in [0.5, 0.6) is 0 Å². The second-order valence-electron chi connectivity index (χ2n) is 4.72. The Labute approximate surface area is 107 Å². The van der Waals surface area contributed by atoms with E-state index < -0.39 is 0 Å². The van der Waals surface area contributed by atoms with E-state index in [2.05, 4.69) is 4.98 Å². The number of hydrogen-bond acceptors (Lipinski definition) is 4. The SMILES string of the molecule is CN1C[C@H](CN(C)c2cccc(C#N)n2)CC1=O. The second-order valence-corrected chi connectivity index (χ2v) is 4.72. The highest BCUT2D eigenvalue weighted by Gasteiger charge is 2.27. The van der Waals surface area contributed by atoms with Crippen molar-refractivity contribution in [2.75, 3.05) is 32.1 Å². The number of carbonyl (C=O) groups excluding carboxylic acids is 1. The molecule has 5 heteroatoms. The van der Waals surface area contributed by atoms with Crippen LogP contribution in [-0.2, 0) is 4.79 Å². The molecule has 1 aliphatic heterocycles. The van der Waals surface area contributed by atoms with Crippen molar-refractivity contribution in [3.8, 4) is 6.07 Å². The maximum Gasteiger partial charge on any atom is 0.222 e. The number of nitriles is 1. The quantitative estimate of drug-likeness (QED) is 0.791. The van der Waals surface area contributed by atoms with E-state index in [4.69, 9.17) is 5.26 Å². The van der Waals surface area contributed by atoms with Crippen molar-refractivity contribution in [1.82, 2.24) is 9.88 Å². The molecule has 5 nitrogen and oxygen atoms in total. The van der Waals surface area contributed by atoms with E-state index in [1.165, 1.54) is 0 Å². The van der Waals surface area contributed by atoms with E-state index in [1.54, 1.807) is 11.0 Å². The lowest BCUT2D eigenvalue weighted by atomic mass is 10.1. The summed E-state index contributed by atoms with van der Waals surface area (Å²) in [5.41, 5.74) is 0.416. The summed E-state index contributed by atoms with van der Waals surface area (Å²) in [5.74, 6) is 1.31. The van der Waals surface area contributed by atoms with Gasteiger partial charge in [-0.1, -0.05) is 6.07 Å². The molecule has 0 spiro atoms. The van der Waals surface area contributed by atoms with Gasteiger partial charge in [0.1, 0.15) is 17.6 Å². The van der Waals surface area contributed by atoms with Crippen LogP contribution in [0.1, 0.15) is 12.1 Å². The van der Waals surface area contributed by atoms with E-state index in [-0.39, 0.29) is 5.91 Å². The van der Waals surface area contributed by atoms with E-state index in [1.807, 2.05) is 37.2 Å². The third-order valence-corrected chi connectivity index (χ3v) is 3.19. The highest BCUT2D eigenvalue weighted by molar-refractivity contribution is 5.78. The van der Waals surface area contributed by atoms with Crippen LogP contribution in [0.3, 0.4) is 0 Å². The number of nitrogens with zero attached hydrogens (tertiary/aromatic N) is 4. The Morgan fingerprint density at radius 3 is 3.00 bits per heavy atom. The van der Waals surface area contributed by atoms with Crippen molar-refractivity contribution in [2.24, 2.45) is 5.92 Å². The lowest BCUT2D eigenvalue weighted by Gasteiger charge is -2.21. The first-order chi connectivity index (χ1) is 8.60. The van der Waals surface area contributed by atoms with Crippen molar-refractivity contribution in [1.29, 1.82) is 5.26 Å². The number of rotatable bonds is 3. The van der Waals surface area contributed by atoms with Crippen LogP contribution >= 0.6 is 0 Å². The molecule has 0 unspecified atom stereocenters. The average Bonchev–Trinajstić information content (AvgIpc) is 2.68. The minimum absolute atomic E-state index is 0.201. The summed E-state index contributed by atoms with van der Waals surface area (Å²) in [4.78, 5) is 19.4. The number of pyridine rings is 1. The first kappa shape index (κ1) is 12.4. The topological polar surface area (TPSA) is 60.2 Å². The number of likely N-dealkylation sites (tertiary alicyclic amines) is 1. The molecule has 0 radical (unpaired) electrons. The number of carbonyl (C=O) groups is 1. The van der Waals surface area contributed by atoms with Crippen LogP contribution in [-0.4, -0.2) is 43.0 Å². The van der Waals surface area contributed by atoms with Crippen LogP contribution in [0, 0.1) is 17.2 Å². The van der Waals surface area contributed by atoms with Gasteiger partial charge in [-0.3, -0.25) is 4.79 Å². The van der Waals surface area contributed by atoms with E-state index in [9.17, 15) is 4.79 Å². The zero-order chi connectivity index (χ0) is 13.1. The predicted octanol–water partition coefficient (Wildman–Crippen LogP) is 0.868. The van der Waals surface area contributed by atoms with Gasteiger partial charge in [0.05, 0.1) is 0 Å². The van der Waals surface area contributed by atoms with Gasteiger partial charge in [0.2, 0.25) is 5.91 Å². The van der Waals surface area contributed by atoms with Gasteiger partial charge in [-0.2, -0.15) is 5.26 Å². The normalized spacial score (nSPS) is 18.8. The molecule has 2 heterocycles. The number of amides is 1. The molecule has 0 saturated carbocycles. The lowest BCUT2D eigenvalue weighted by molar-refractivity contribution is -0.126. The Morgan fingerprint density at radius 2 is 2.39 bits per heavy atom. The van der Waals surface area contributed by atoms with Gasteiger partial charge in [-0.05, 0) is 12.1 Å². The Hall–Kier alpha value is -2.09. The largest absolute Gasteiger partial charge is 0.359 e. The highest BCUT2D eigenvalue weighted by Crippen LogP contribution is 2.19. The van der Waals surface area contributed by atoms with E-state index in [0.29, 0.717) is 18.0 Å². The molecule has 0 N–H and O–H groups in total. The Bertz CT molecular complexity index is 494. The molecule has 0 aliphatic carbocycles. The molecular formula is C13H16N4O. The fraction of sp³-hybridized carbons (Fsp3) is 0.462. The third kappa shape index (κ3) is 2.59. The average molecular weight is 244 g/mol. The molecule has 0 bridgehead atoms. The first-order valence-corrected chi connectivity index (χ1v) is 5.92. The van der Waals surface area contributed by atoms with Crippen LogP contribution < -0.4 is 4.90 Å². The van der Waals surface area contributed by atoms with Crippen LogP contribution in [0.4, 0.5) is 5.82 Å². The molecule has 1 aromatic rings. The molecule has 2 rings (SSSR count). The standard InChI is InChI=1S/C13H16N4O/c1-16(8-10-6-13(18)17(2)9-10)12-5-3-4-11(7-14)15-12/h3-5,10H,6,8-9H2,1-2H3/t10-/m0/s1. The number of aromatic nitrogens is 1. The molecule has 1 aliphatic rings. The summed E-state index contributed by atoms with van der Waals surface area (Å²) in [6, 6.07) is 7.41. The van der Waals surface area contributed by atoms with Gasteiger partial charge in [0, 0.05) is 39.5 Å². The summed E-state index contributed by atoms with van der Waals surface area (Å²) >= 11 is 0. The summed E-state index contributed by atoms with van der Waals surface area (Å²) in [6.07, 6.45) is 0.596. The van der Waals surface area contributed by atoms with Gasteiger partial charge in [-0.15, -0.1) is 0 Å². The summed E-state index contributed by atoms with van der Waals surface area (Å²) in [7, 11) is 3.77. The lowest BCUT2D eigenvalue weighted by Crippen LogP contribution is -2.28. The molecule has 1 aromatic heterocycles. The predicted molar refractivity (Wildman–Crippen MR) is 68.0 cm³/mol. The van der Waals surface area contributed by atoms with Gasteiger partial charge in [0.15, 0.2) is 0 Å². The van der Waals surface area contributed by atoms with E-state index >= 15 is 0 Å². The van der Waals surface area contributed by atoms with Crippen molar-refractivity contribution >= 4 is 11.7 Å². The van der Waals surface area contributed by atoms with Crippen molar-refractivity contribution < 1.29 is 4.79 Å². The van der Waals surface area contributed by atoms with Gasteiger partial charge in [0.25, 0.3) is 0 Å². The zero-order valence-electron chi connectivity index (χ0n) is 10.6. The Kier molecular flexibility index (Phi) is 3.47. The molecule has 1 saturated heterocycles. The molecule has 1 atom stereocenters. The van der Waals surface area contributed by atoms with Crippen molar-refractivity contribution in [3.63, 3.8) is 0 Å². The second kappa shape index (κ2) is 5.05. The maximum atomic E-state index is 11.5. The minimum atomic E-state index is 0.201. The van der Waals surface area contributed by atoms with Crippen LogP contribution in [0.25, 0.3) is 0 Å². The monoisotopic (exact) mass is 244 g/mol. The Morgan fingerprint density at radius 1 is 1.61 bits per heavy atom. The zero-order valence-corrected chi connectivity index (χ0v) is 10.6. The summed E-state index contributed by atoms with van der Waals surface area (Å²) < 4.78 is 0. The number of anilines is 1. The van der Waals surface area contributed by atoms with Gasteiger partial charge >= 0.3 is 0 Å². The summed E-state index contributed by atoms with van der Waals surface area (Å²) in [6.45, 7) is 1.57. The Balaban J connectivity index is 2.02. The summed E-state index contributed by atoms with van der Waals surface area (Å²) in [5, 5.41) is 8.82. The van der Waals surface area contributed by atoms with Crippen LogP contribution in [0.15, 0.2) is 18.2 Å². The third-order valence-electron chi connectivity index (χ3n) is 3.19. The first-order valence-electron chi connectivity index (χ1n) is 5.92. The fourth-order valence-corrected chi connectivity index (χ4v) is 2.26. The molecular weight excluding hydrogens is 228 g/mol. The van der Waals surface area contributed by atoms with Gasteiger partial charge < -0.3 is 9.80 Å². The fourth-order valence-electron chi connectivity index (χ4n) is 2.26. The smallest absolute Gasteiger partial charge is 0.222 e. The highest BCUT2D eigenvalue weighted by atomic mass is 16.2. The maximum absolute atomic E-state index is 11.5.